The number of amidine groups is 1. The van der Waals surface area contributed by atoms with Gasteiger partial charge in [0.2, 0.25) is 0 Å². The number of hydrogen-bond donors (Lipinski definition) is 2. The molecule has 0 bridgehead atoms. The zero-order valence-electron chi connectivity index (χ0n) is 7.03. The Balaban J connectivity index is 2.80. The third-order valence-electron chi connectivity index (χ3n) is 1.75. The average Bonchev–Trinajstić information content (AvgIpc) is 2.06. The van der Waals surface area contributed by atoms with Crippen molar-refractivity contribution in [3.63, 3.8) is 0 Å². The lowest BCUT2D eigenvalue weighted by molar-refractivity contribution is 0.476. The largest absolute Gasteiger partial charge is 0.506 e. The molecule has 0 radical (unpaired) electrons. The number of nitrogens with zero attached hydrogens (tertiary/aromatic N) is 1. The van der Waals surface area contributed by atoms with E-state index in [0.717, 1.165) is 0 Å². The number of fused-ring (bicyclic) bond motifs is 1. The third-order valence-corrected chi connectivity index (χ3v) is 3.88. The fourth-order valence-electron chi connectivity index (χ4n) is 1.18. The van der Waals surface area contributed by atoms with Gasteiger partial charge in [-0.25, -0.2) is 0 Å². The molecule has 8 heteroatoms. The summed E-state index contributed by atoms with van der Waals surface area (Å²) in [6.45, 7) is 0. The number of rotatable bonds is 0. The molecule has 1 heterocycles. The van der Waals surface area contributed by atoms with Crippen molar-refractivity contribution in [2.75, 3.05) is 5.32 Å². The Hall–Kier alpha value is -0.790. The lowest BCUT2D eigenvalue weighted by atomic mass is 10.3. The van der Waals surface area contributed by atoms with Crippen molar-refractivity contribution in [2.45, 2.75) is 4.90 Å². The monoisotopic (exact) mass is 310 g/mol. The normalized spacial score (nSPS) is 17.6. The van der Waals surface area contributed by atoms with Crippen LogP contribution >= 0.6 is 27.5 Å². The number of halogens is 2. The maximum Gasteiger partial charge on any atom is 0.287 e. The molecule has 0 fully saturated rings. The van der Waals surface area contributed by atoms with Crippen LogP contribution in [0.5, 0.6) is 5.75 Å². The van der Waals surface area contributed by atoms with E-state index < -0.39 is 10.0 Å². The molecular formula is C7H4BrClN2O3S. The van der Waals surface area contributed by atoms with Crippen molar-refractivity contribution in [1.29, 1.82) is 0 Å². The van der Waals surface area contributed by atoms with Gasteiger partial charge in [0.15, 0.2) is 4.74 Å². The van der Waals surface area contributed by atoms with Gasteiger partial charge in [0.05, 0.1) is 0 Å². The SMILES string of the molecule is O=S1(=O)N=C(Br)Nc2c(O)cc(Cl)cc21. The molecule has 2 rings (SSSR count). The van der Waals surface area contributed by atoms with Gasteiger partial charge >= 0.3 is 0 Å². The highest BCUT2D eigenvalue weighted by molar-refractivity contribution is 9.18. The molecule has 0 spiro atoms. The zero-order valence-corrected chi connectivity index (χ0v) is 10.2. The van der Waals surface area contributed by atoms with E-state index in [1.807, 2.05) is 0 Å². The number of nitrogens with one attached hydrogen (secondary N) is 1. The highest BCUT2D eigenvalue weighted by atomic mass is 79.9. The van der Waals surface area contributed by atoms with Crippen LogP contribution in [0.2, 0.25) is 5.02 Å². The molecule has 15 heavy (non-hydrogen) atoms. The van der Waals surface area contributed by atoms with Crippen LogP contribution in [0.3, 0.4) is 0 Å². The van der Waals surface area contributed by atoms with Crippen LogP contribution in [0.25, 0.3) is 0 Å². The van der Waals surface area contributed by atoms with Gasteiger partial charge in [0, 0.05) is 11.1 Å². The highest BCUT2D eigenvalue weighted by Crippen LogP contribution is 2.37. The van der Waals surface area contributed by atoms with Gasteiger partial charge in [0.1, 0.15) is 16.3 Å². The van der Waals surface area contributed by atoms with E-state index in [9.17, 15) is 13.5 Å². The average molecular weight is 312 g/mol. The van der Waals surface area contributed by atoms with Gasteiger partial charge in [-0.2, -0.15) is 8.42 Å². The molecule has 0 aliphatic carbocycles. The second-order valence-electron chi connectivity index (χ2n) is 2.78. The first-order chi connectivity index (χ1) is 6.90. The van der Waals surface area contributed by atoms with E-state index in [-0.39, 0.29) is 26.1 Å². The van der Waals surface area contributed by atoms with Crippen molar-refractivity contribution in [3.8, 4) is 5.75 Å². The van der Waals surface area contributed by atoms with E-state index in [2.05, 4.69) is 25.6 Å². The van der Waals surface area contributed by atoms with E-state index in [1.54, 1.807) is 0 Å². The van der Waals surface area contributed by atoms with Gasteiger partial charge in [-0.3, -0.25) is 0 Å². The Morgan fingerprint density at radius 1 is 1.47 bits per heavy atom. The topological polar surface area (TPSA) is 78.8 Å². The summed E-state index contributed by atoms with van der Waals surface area (Å²) in [5.74, 6) is -0.243. The number of phenols is 1. The number of benzene rings is 1. The Labute approximate surface area is 99.0 Å². The lowest BCUT2D eigenvalue weighted by Gasteiger charge is -2.16. The molecule has 2 N–H and O–H groups in total. The first kappa shape index (κ1) is 10.7. The summed E-state index contributed by atoms with van der Waals surface area (Å²) in [6.07, 6.45) is 0. The van der Waals surface area contributed by atoms with Crippen molar-refractivity contribution in [3.05, 3.63) is 17.2 Å². The predicted molar refractivity (Wildman–Crippen MR) is 60.3 cm³/mol. The van der Waals surface area contributed by atoms with Gasteiger partial charge in [0.25, 0.3) is 10.0 Å². The second kappa shape index (κ2) is 3.36. The van der Waals surface area contributed by atoms with Crippen molar-refractivity contribution in [1.82, 2.24) is 0 Å². The van der Waals surface area contributed by atoms with Crippen LogP contribution in [0.15, 0.2) is 21.4 Å². The Morgan fingerprint density at radius 3 is 2.80 bits per heavy atom. The number of phenolic OH excluding ortho intramolecular Hbond substituents is 1. The van der Waals surface area contributed by atoms with E-state index in [4.69, 9.17) is 11.6 Å². The lowest BCUT2D eigenvalue weighted by Crippen LogP contribution is -2.16. The fourth-order valence-corrected chi connectivity index (χ4v) is 3.27. The summed E-state index contributed by atoms with van der Waals surface area (Å²) in [5.41, 5.74) is 0.0706. The zero-order chi connectivity index (χ0) is 11.2. The van der Waals surface area contributed by atoms with Crippen LogP contribution in [-0.2, 0) is 10.0 Å². The highest BCUT2D eigenvalue weighted by Gasteiger charge is 2.26. The summed E-state index contributed by atoms with van der Waals surface area (Å²) in [7, 11) is -3.80. The number of hydrogen-bond acceptors (Lipinski definition) is 4. The molecule has 0 unspecified atom stereocenters. The van der Waals surface area contributed by atoms with E-state index in [1.165, 1.54) is 12.1 Å². The molecule has 0 saturated heterocycles. The minimum Gasteiger partial charge on any atom is -0.506 e. The Bertz CT molecular complexity index is 570. The van der Waals surface area contributed by atoms with E-state index >= 15 is 0 Å². The van der Waals surface area contributed by atoms with Crippen LogP contribution in [0.1, 0.15) is 0 Å². The maximum atomic E-state index is 11.6. The molecule has 0 amide bonds. The number of sulfonamides is 1. The first-order valence-corrected chi connectivity index (χ1v) is 6.31. The van der Waals surface area contributed by atoms with Crippen molar-refractivity contribution in [2.24, 2.45) is 4.40 Å². The summed E-state index contributed by atoms with van der Waals surface area (Å²) >= 11 is 8.54. The fraction of sp³-hybridized carbons (Fsp3) is 0. The molecular weight excluding hydrogens is 308 g/mol. The molecule has 80 valence electrons. The molecule has 1 aromatic carbocycles. The second-order valence-corrected chi connectivity index (χ2v) is 5.54. The summed E-state index contributed by atoms with van der Waals surface area (Å²) in [6, 6.07) is 2.47. The summed E-state index contributed by atoms with van der Waals surface area (Å²) < 4.78 is 26.5. The van der Waals surface area contributed by atoms with Gasteiger partial charge in [-0.15, -0.1) is 4.40 Å². The summed E-state index contributed by atoms with van der Waals surface area (Å²) in [4.78, 5) is -0.143. The molecule has 1 aliphatic heterocycles. The molecule has 0 aromatic heterocycles. The molecule has 1 aromatic rings. The molecule has 5 nitrogen and oxygen atoms in total. The minimum absolute atomic E-state index is 0.0209. The number of aromatic hydroxyl groups is 1. The third kappa shape index (κ3) is 1.82. The Kier molecular flexibility index (Phi) is 2.40. The van der Waals surface area contributed by atoms with E-state index in [0.29, 0.717) is 0 Å². The maximum absolute atomic E-state index is 11.6. The quantitative estimate of drug-likeness (QED) is 0.567. The molecule has 0 saturated carbocycles. The molecule has 0 atom stereocenters. The minimum atomic E-state index is -3.80. The van der Waals surface area contributed by atoms with Crippen LogP contribution in [-0.4, -0.2) is 18.3 Å². The number of anilines is 1. The van der Waals surface area contributed by atoms with Crippen LogP contribution in [0, 0.1) is 0 Å². The van der Waals surface area contributed by atoms with Crippen molar-refractivity contribution < 1.29 is 13.5 Å². The van der Waals surface area contributed by atoms with Crippen LogP contribution in [0.4, 0.5) is 5.69 Å². The first-order valence-electron chi connectivity index (χ1n) is 3.70. The van der Waals surface area contributed by atoms with Gasteiger partial charge in [-0.05, 0) is 22.0 Å². The van der Waals surface area contributed by atoms with Crippen LogP contribution < -0.4 is 5.32 Å². The van der Waals surface area contributed by atoms with Crippen molar-refractivity contribution >= 4 is 48.0 Å². The van der Waals surface area contributed by atoms with Gasteiger partial charge in [-0.1, -0.05) is 11.6 Å². The summed E-state index contributed by atoms with van der Waals surface area (Å²) in [5, 5.41) is 12.2. The predicted octanol–water partition coefficient (Wildman–Crippen LogP) is 1.91. The standard InChI is InChI=1S/C7H4BrClN2O3S/c8-7-10-6-4(12)1-3(9)2-5(6)15(13,14)11-7/h1-2,12H,(H,10,11). The molecule has 1 aliphatic rings. The Morgan fingerprint density at radius 2 is 2.13 bits per heavy atom. The smallest absolute Gasteiger partial charge is 0.287 e. The van der Waals surface area contributed by atoms with Gasteiger partial charge < -0.3 is 10.4 Å².